The second kappa shape index (κ2) is 8.29. The summed E-state index contributed by atoms with van der Waals surface area (Å²) in [6.45, 7) is 6.42. The highest BCUT2D eigenvalue weighted by Crippen LogP contribution is 2.20. The third-order valence-corrected chi connectivity index (χ3v) is 6.78. The highest BCUT2D eigenvalue weighted by atomic mass is 127. The summed E-state index contributed by atoms with van der Waals surface area (Å²) >= 11 is 2.13. The van der Waals surface area contributed by atoms with Gasteiger partial charge in [0.2, 0.25) is 10.0 Å². The number of anilines is 1. The predicted octanol–water partition coefficient (Wildman–Crippen LogP) is 3.88. The lowest BCUT2D eigenvalue weighted by atomic mass is 10.1. The molecule has 2 aromatic carbocycles. The minimum Gasteiger partial charge on any atom is -0.322 e. The molecule has 0 radical (unpaired) electrons. The minimum absolute atomic E-state index is 0.219. The summed E-state index contributed by atoms with van der Waals surface area (Å²) in [5.41, 5.74) is 2.23. The van der Waals surface area contributed by atoms with Crippen molar-refractivity contribution in [2.24, 2.45) is 0 Å². The van der Waals surface area contributed by atoms with Crippen molar-refractivity contribution < 1.29 is 13.2 Å². The third-order valence-electron chi connectivity index (χ3n) is 3.82. The predicted molar refractivity (Wildman–Crippen MR) is 108 cm³/mol. The Hall–Kier alpha value is -1.45. The molecule has 0 aliphatic carbocycles. The maximum atomic E-state index is 12.5. The molecule has 0 bridgehead atoms. The third kappa shape index (κ3) is 4.59. The molecule has 1 N–H and O–H groups in total. The van der Waals surface area contributed by atoms with Crippen molar-refractivity contribution in [3.8, 4) is 0 Å². The summed E-state index contributed by atoms with van der Waals surface area (Å²) in [7, 11) is -3.49. The highest BCUT2D eigenvalue weighted by molar-refractivity contribution is 14.1. The first-order valence-corrected chi connectivity index (χ1v) is 10.5. The number of benzene rings is 2. The molecule has 0 aromatic heterocycles. The summed E-state index contributed by atoms with van der Waals surface area (Å²) in [6.07, 6.45) is 0. The van der Waals surface area contributed by atoms with Gasteiger partial charge in [0.15, 0.2) is 0 Å². The largest absolute Gasteiger partial charge is 0.322 e. The molecule has 0 atom stereocenters. The lowest BCUT2D eigenvalue weighted by Crippen LogP contribution is -2.30. The number of hydrogen-bond donors (Lipinski definition) is 1. The number of amides is 1. The van der Waals surface area contributed by atoms with Gasteiger partial charge in [-0.2, -0.15) is 4.31 Å². The minimum atomic E-state index is -3.49. The van der Waals surface area contributed by atoms with Gasteiger partial charge in [0.05, 0.1) is 10.5 Å². The molecule has 25 heavy (non-hydrogen) atoms. The van der Waals surface area contributed by atoms with Crippen molar-refractivity contribution in [3.63, 3.8) is 0 Å². The number of rotatable bonds is 6. The molecule has 134 valence electrons. The Kier molecular flexibility index (Phi) is 6.59. The van der Waals surface area contributed by atoms with Crippen molar-refractivity contribution in [2.75, 3.05) is 18.4 Å². The quantitative estimate of drug-likeness (QED) is 0.649. The Morgan fingerprint density at radius 3 is 2.20 bits per heavy atom. The number of nitrogens with one attached hydrogen (secondary N) is 1. The van der Waals surface area contributed by atoms with Crippen LogP contribution in [0.1, 0.15) is 29.8 Å². The number of nitrogens with zero attached hydrogens (tertiary/aromatic N) is 1. The van der Waals surface area contributed by atoms with Gasteiger partial charge in [-0.3, -0.25) is 4.79 Å². The lowest BCUT2D eigenvalue weighted by Gasteiger charge is -2.18. The fourth-order valence-electron chi connectivity index (χ4n) is 2.43. The maximum absolute atomic E-state index is 12.5. The van der Waals surface area contributed by atoms with Crippen LogP contribution in [0.15, 0.2) is 47.4 Å². The van der Waals surface area contributed by atoms with Crippen LogP contribution in [-0.2, 0) is 10.0 Å². The van der Waals surface area contributed by atoms with E-state index < -0.39 is 10.0 Å². The van der Waals surface area contributed by atoms with Crippen LogP contribution in [0.5, 0.6) is 0 Å². The molecule has 0 aliphatic heterocycles. The smallest absolute Gasteiger partial charge is 0.256 e. The first kappa shape index (κ1) is 19.9. The van der Waals surface area contributed by atoms with E-state index in [9.17, 15) is 13.2 Å². The van der Waals surface area contributed by atoms with Gasteiger partial charge in [0.1, 0.15) is 0 Å². The first-order valence-electron chi connectivity index (χ1n) is 7.97. The molecule has 0 aliphatic rings. The summed E-state index contributed by atoms with van der Waals surface area (Å²) in [6, 6.07) is 11.9. The maximum Gasteiger partial charge on any atom is 0.256 e. The van der Waals surface area contributed by atoms with Gasteiger partial charge in [0.25, 0.3) is 5.91 Å². The average molecular weight is 472 g/mol. The van der Waals surface area contributed by atoms with Crippen LogP contribution in [0.4, 0.5) is 5.69 Å². The molecule has 2 rings (SSSR count). The van der Waals surface area contributed by atoms with E-state index in [1.54, 1.807) is 32.0 Å². The van der Waals surface area contributed by atoms with E-state index in [0.29, 0.717) is 24.3 Å². The van der Waals surface area contributed by atoms with Gasteiger partial charge in [-0.15, -0.1) is 0 Å². The van der Waals surface area contributed by atoms with Crippen molar-refractivity contribution in [1.82, 2.24) is 4.31 Å². The van der Waals surface area contributed by atoms with Crippen LogP contribution in [-0.4, -0.2) is 31.7 Å². The van der Waals surface area contributed by atoms with Crippen molar-refractivity contribution in [2.45, 2.75) is 25.7 Å². The summed E-state index contributed by atoms with van der Waals surface area (Å²) in [5.74, 6) is -0.219. The Morgan fingerprint density at radius 1 is 1.08 bits per heavy atom. The molecule has 2 aromatic rings. The zero-order valence-electron chi connectivity index (χ0n) is 14.4. The van der Waals surface area contributed by atoms with Crippen molar-refractivity contribution in [3.05, 3.63) is 57.2 Å². The number of aryl methyl sites for hydroxylation is 1. The van der Waals surface area contributed by atoms with Gasteiger partial charge in [-0.25, -0.2) is 8.42 Å². The van der Waals surface area contributed by atoms with Crippen LogP contribution >= 0.6 is 22.6 Å². The molecule has 1 amide bonds. The number of hydrogen-bond acceptors (Lipinski definition) is 3. The van der Waals surface area contributed by atoms with E-state index in [4.69, 9.17) is 0 Å². The summed E-state index contributed by atoms with van der Waals surface area (Å²) in [4.78, 5) is 12.6. The molecule has 0 saturated carbocycles. The second-order valence-corrected chi connectivity index (χ2v) is 8.65. The Bertz CT molecular complexity index is 860. The topological polar surface area (TPSA) is 66.5 Å². The lowest BCUT2D eigenvalue weighted by molar-refractivity contribution is 0.102. The standard InChI is InChI=1S/C18H21IN2O3S/c1-4-21(5-2)25(23,24)15-9-7-14(8-10-15)20-18(22)16-11-6-13(3)12-17(16)19/h6-12H,4-5H2,1-3H3,(H,20,22). The van der Waals surface area contributed by atoms with Crippen molar-refractivity contribution in [1.29, 1.82) is 0 Å². The SMILES string of the molecule is CCN(CC)S(=O)(=O)c1ccc(NC(=O)c2ccc(C)cc2I)cc1. The fraction of sp³-hybridized carbons (Fsp3) is 0.278. The normalized spacial score (nSPS) is 11.6. The Balaban J connectivity index is 2.19. The highest BCUT2D eigenvalue weighted by Gasteiger charge is 2.21. The molecule has 0 unspecified atom stereocenters. The van der Waals surface area contributed by atoms with Crippen LogP contribution < -0.4 is 5.32 Å². The van der Waals surface area contributed by atoms with Gasteiger partial charge in [-0.05, 0) is 65.9 Å². The monoisotopic (exact) mass is 472 g/mol. The zero-order chi connectivity index (χ0) is 18.6. The van der Waals surface area contributed by atoms with E-state index in [1.165, 1.54) is 16.4 Å². The van der Waals surface area contributed by atoms with Crippen LogP contribution in [0.3, 0.4) is 0 Å². The number of sulfonamides is 1. The zero-order valence-corrected chi connectivity index (χ0v) is 17.4. The van der Waals surface area contributed by atoms with Crippen molar-refractivity contribution >= 4 is 44.2 Å². The van der Waals surface area contributed by atoms with E-state index in [-0.39, 0.29) is 10.8 Å². The van der Waals surface area contributed by atoms with Gasteiger partial charge < -0.3 is 5.32 Å². The van der Waals surface area contributed by atoms with Gasteiger partial charge in [0, 0.05) is 22.3 Å². The molecule has 0 heterocycles. The molecule has 5 nitrogen and oxygen atoms in total. The fourth-order valence-corrected chi connectivity index (χ4v) is 4.80. The number of halogens is 1. The second-order valence-electron chi connectivity index (χ2n) is 5.55. The van der Waals surface area contributed by atoms with Gasteiger partial charge in [-0.1, -0.05) is 25.5 Å². The molecule has 7 heteroatoms. The van der Waals surface area contributed by atoms with Crippen LogP contribution in [0.25, 0.3) is 0 Å². The Morgan fingerprint density at radius 2 is 1.68 bits per heavy atom. The van der Waals surface area contributed by atoms with Crippen LogP contribution in [0, 0.1) is 10.5 Å². The summed E-state index contributed by atoms with van der Waals surface area (Å²) in [5, 5.41) is 2.80. The first-order chi connectivity index (χ1) is 11.8. The average Bonchev–Trinajstić information content (AvgIpc) is 2.56. The van der Waals surface area contributed by atoms with Crippen LogP contribution in [0.2, 0.25) is 0 Å². The summed E-state index contributed by atoms with van der Waals surface area (Å²) < 4.78 is 27.2. The van der Waals surface area contributed by atoms with Gasteiger partial charge >= 0.3 is 0 Å². The Labute approximate surface area is 162 Å². The van der Waals surface area contributed by atoms with E-state index in [1.807, 2.05) is 19.1 Å². The van der Waals surface area contributed by atoms with E-state index in [2.05, 4.69) is 27.9 Å². The molecule has 0 fully saturated rings. The van der Waals surface area contributed by atoms with E-state index in [0.717, 1.165) is 9.13 Å². The molecule has 0 saturated heterocycles. The molecular weight excluding hydrogens is 451 g/mol. The number of carbonyl (C=O) groups is 1. The molecule has 0 spiro atoms. The molecular formula is C18H21IN2O3S. The van der Waals surface area contributed by atoms with E-state index >= 15 is 0 Å². The number of carbonyl (C=O) groups excluding carboxylic acids is 1.